The minimum atomic E-state index is -0.699. The van der Waals surface area contributed by atoms with Gasteiger partial charge in [-0.25, -0.2) is 0 Å². The largest absolute Gasteiger partial charge is 0.480 e. The molecule has 0 unspecified atom stereocenters. The molecule has 2 atom stereocenters. The molecule has 0 amide bonds. The minimum Gasteiger partial charge on any atom is -0.480 e. The number of aliphatic carboxylic acids is 1. The van der Waals surface area contributed by atoms with Crippen LogP contribution in [0, 0.1) is 5.92 Å². The van der Waals surface area contributed by atoms with Gasteiger partial charge in [-0.15, -0.1) is 0 Å². The molecule has 15 heavy (non-hydrogen) atoms. The summed E-state index contributed by atoms with van der Waals surface area (Å²) in [5, 5.41) is 9.02. The predicted octanol–water partition coefficient (Wildman–Crippen LogP) is 1.21. The average molecular weight is 215 g/mol. The van der Waals surface area contributed by atoms with Crippen LogP contribution < -0.4 is 0 Å². The van der Waals surface area contributed by atoms with E-state index in [4.69, 9.17) is 9.84 Å². The number of carboxylic acids is 1. The zero-order valence-corrected chi connectivity index (χ0v) is 9.61. The highest BCUT2D eigenvalue weighted by Crippen LogP contribution is 2.20. The third-order valence-corrected chi connectivity index (χ3v) is 2.99. The Bertz CT molecular complexity index is 208. The Morgan fingerprint density at radius 3 is 2.87 bits per heavy atom. The van der Waals surface area contributed by atoms with Crippen LogP contribution in [0.5, 0.6) is 0 Å². The number of ether oxygens (including phenoxy) is 1. The minimum absolute atomic E-state index is 0.309. The summed E-state index contributed by atoms with van der Waals surface area (Å²) in [6, 6.07) is -0.309. The molecule has 1 fully saturated rings. The van der Waals surface area contributed by atoms with Crippen molar-refractivity contribution < 1.29 is 14.6 Å². The quantitative estimate of drug-likeness (QED) is 0.723. The van der Waals surface area contributed by atoms with Gasteiger partial charge in [-0.3, -0.25) is 9.69 Å². The molecular formula is C11H21NO3. The van der Waals surface area contributed by atoms with Crippen LogP contribution in [-0.2, 0) is 9.53 Å². The van der Waals surface area contributed by atoms with Crippen LogP contribution in [0.25, 0.3) is 0 Å². The standard InChI is InChI=1S/C11H21NO3/c1-3-10(11(13)14)12-6-5-9(7-12)8-15-4-2/h9-10H,3-8H2,1-2H3,(H,13,14)/t9-,10+/m1/s1. The molecule has 1 saturated heterocycles. The number of nitrogens with zero attached hydrogens (tertiary/aromatic N) is 1. The highest BCUT2D eigenvalue weighted by molar-refractivity contribution is 5.73. The number of likely N-dealkylation sites (tertiary alicyclic amines) is 1. The lowest BCUT2D eigenvalue weighted by Gasteiger charge is -2.22. The lowest BCUT2D eigenvalue weighted by Crippen LogP contribution is -2.39. The van der Waals surface area contributed by atoms with Crippen molar-refractivity contribution in [2.45, 2.75) is 32.7 Å². The summed E-state index contributed by atoms with van der Waals surface area (Å²) in [5.74, 6) is -0.187. The molecule has 1 aliphatic heterocycles. The highest BCUT2D eigenvalue weighted by Gasteiger charge is 2.30. The molecule has 1 N–H and O–H groups in total. The first-order chi connectivity index (χ1) is 7.19. The molecule has 1 aliphatic rings. The maximum absolute atomic E-state index is 11.0. The third-order valence-electron chi connectivity index (χ3n) is 2.99. The SMILES string of the molecule is CCOC[C@@H]1CCN([C@@H](CC)C(=O)O)C1. The van der Waals surface area contributed by atoms with E-state index in [1.54, 1.807) is 0 Å². The Labute approximate surface area is 91.2 Å². The zero-order chi connectivity index (χ0) is 11.3. The molecule has 0 saturated carbocycles. The van der Waals surface area contributed by atoms with Crippen molar-refractivity contribution in [3.63, 3.8) is 0 Å². The molecule has 4 heteroatoms. The molecular weight excluding hydrogens is 194 g/mol. The van der Waals surface area contributed by atoms with Gasteiger partial charge >= 0.3 is 5.97 Å². The van der Waals surface area contributed by atoms with Crippen LogP contribution in [0.4, 0.5) is 0 Å². The molecule has 0 aromatic heterocycles. The maximum atomic E-state index is 11.0. The highest BCUT2D eigenvalue weighted by atomic mass is 16.5. The Morgan fingerprint density at radius 2 is 2.33 bits per heavy atom. The van der Waals surface area contributed by atoms with Crippen molar-refractivity contribution in [1.82, 2.24) is 4.90 Å². The number of carboxylic acid groups (broad SMARTS) is 1. The van der Waals surface area contributed by atoms with E-state index in [-0.39, 0.29) is 6.04 Å². The normalized spacial score (nSPS) is 24.3. The molecule has 0 bridgehead atoms. The fourth-order valence-electron chi connectivity index (χ4n) is 2.16. The van der Waals surface area contributed by atoms with Crippen LogP contribution in [0.15, 0.2) is 0 Å². The lowest BCUT2D eigenvalue weighted by molar-refractivity contribution is -0.143. The first-order valence-corrected chi connectivity index (χ1v) is 5.73. The summed E-state index contributed by atoms with van der Waals surface area (Å²) in [6.45, 7) is 7.18. The number of rotatable bonds is 6. The van der Waals surface area contributed by atoms with Crippen molar-refractivity contribution in [2.75, 3.05) is 26.3 Å². The second-order valence-corrected chi connectivity index (χ2v) is 4.07. The van der Waals surface area contributed by atoms with E-state index in [1.165, 1.54) is 0 Å². The van der Waals surface area contributed by atoms with Gasteiger partial charge in [-0.05, 0) is 32.2 Å². The Kier molecular flexibility index (Phi) is 5.05. The van der Waals surface area contributed by atoms with Crippen LogP contribution in [0.2, 0.25) is 0 Å². The van der Waals surface area contributed by atoms with Crippen molar-refractivity contribution in [1.29, 1.82) is 0 Å². The summed E-state index contributed by atoms with van der Waals surface area (Å²) in [7, 11) is 0. The molecule has 88 valence electrons. The second kappa shape index (κ2) is 6.08. The molecule has 0 radical (unpaired) electrons. The number of hydrogen-bond acceptors (Lipinski definition) is 3. The predicted molar refractivity (Wildman–Crippen MR) is 57.9 cm³/mol. The van der Waals surface area contributed by atoms with Crippen LogP contribution in [0.3, 0.4) is 0 Å². The van der Waals surface area contributed by atoms with E-state index in [1.807, 2.05) is 13.8 Å². The maximum Gasteiger partial charge on any atom is 0.320 e. The van der Waals surface area contributed by atoms with Crippen molar-refractivity contribution >= 4 is 5.97 Å². The van der Waals surface area contributed by atoms with Crippen LogP contribution >= 0.6 is 0 Å². The molecule has 1 heterocycles. The molecule has 0 aliphatic carbocycles. The first kappa shape index (κ1) is 12.5. The van der Waals surface area contributed by atoms with E-state index in [0.29, 0.717) is 12.3 Å². The van der Waals surface area contributed by atoms with E-state index in [0.717, 1.165) is 32.7 Å². The van der Waals surface area contributed by atoms with E-state index >= 15 is 0 Å². The second-order valence-electron chi connectivity index (χ2n) is 4.07. The Balaban J connectivity index is 2.37. The fourth-order valence-corrected chi connectivity index (χ4v) is 2.16. The number of carbonyl (C=O) groups is 1. The Hall–Kier alpha value is -0.610. The van der Waals surface area contributed by atoms with Crippen LogP contribution in [-0.4, -0.2) is 48.3 Å². The lowest BCUT2D eigenvalue weighted by atomic mass is 10.1. The fraction of sp³-hybridized carbons (Fsp3) is 0.909. The summed E-state index contributed by atoms with van der Waals surface area (Å²) < 4.78 is 5.37. The average Bonchev–Trinajstić information content (AvgIpc) is 2.64. The monoisotopic (exact) mass is 215 g/mol. The topological polar surface area (TPSA) is 49.8 Å². The molecule has 1 rings (SSSR count). The molecule has 0 aromatic rings. The van der Waals surface area contributed by atoms with E-state index < -0.39 is 5.97 Å². The third kappa shape index (κ3) is 3.47. The molecule has 4 nitrogen and oxygen atoms in total. The summed E-state index contributed by atoms with van der Waals surface area (Å²) in [5.41, 5.74) is 0. The smallest absolute Gasteiger partial charge is 0.320 e. The molecule has 0 aromatic carbocycles. The summed E-state index contributed by atoms with van der Waals surface area (Å²) in [6.07, 6.45) is 1.74. The van der Waals surface area contributed by atoms with Gasteiger partial charge in [0.1, 0.15) is 6.04 Å². The van der Waals surface area contributed by atoms with Gasteiger partial charge < -0.3 is 9.84 Å². The van der Waals surface area contributed by atoms with E-state index in [9.17, 15) is 4.79 Å². The summed E-state index contributed by atoms with van der Waals surface area (Å²) >= 11 is 0. The zero-order valence-electron chi connectivity index (χ0n) is 9.61. The van der Waals surface area contributed by atoms with Gasteiger partial charge in [0.2, 0.25) is 0 Å². The summed E-state index contributed by atoms with van der Waals surface area (Å²) in [4.78, 5) is 13.0. The van der Waals surface area contributed by atoms with E-state index in [2.05, 4.69) is 4.90 Å². The van der Waals surface area contributed by atoms with Gasteiger partial charge in [0, 0.05) is 13.2 Å². The first-order valence-electron chi connectivity index (χ1n) is 5.73. The van der Waals surface area contributed by atoms with Crippen molar-refractivity contribution in [2.24, 2.45) is 5.92 Å². The van der Waals surface area contributed by atoms with Gasteiger partial charge in [-0.2, -0.15) is 0 Å². The molecule has 0 spiro atoms. The van der Waals surface area contributed by atoms with Gasteiger partial charge in [0.05, 0.1) is 6.61 Å². The van der Waals surface area contributed by atoms with Crippen molar-refractivity contribution in [3.05, 3.63) is 0 Å². The van der Waals surface area contributed by atoms with Gasteiger partial charge in [-0.1, -0.05) is 6.92 Å². The van der Waals surface area contributed by atoms with Crippen molar-refractivity contribution in [3.8, 4) is 0 Å². The van der Waals surface area contributed by atoms with Gasteiger partial charge in [0.15, 0.2) is 0 Å². The number of hydrogen-bond donors (Lipinski definition) is 1. The van der Waals surface area contributed by atoms with Crippen LogP contribution in [0.1, 0.15) is 26.7 Å². The van der Waals surface area contributed by atoms with Gasteiger partial charge in [0.25, 0.3) is 0 Å². The Morgan fingerprint density at radius 1 is 1.60 bits per heavy atom.